The van der Waals surface area contributed by atoms with E-state index in [9.17, 15) is 0 Å². The van der Waals surface area contributed by atoms with Gasteiger partial charge in [0.15, 0.2) is 10.3 Å². The average molecular weight is 271 g/mol. The maximum absolute atomic E-state index is 8.87. The third-order valence-corrected chi connectivity index (χ3v) is 4.36. The Morgan fingerprint density at radius 1 is 1.71 bits per heavy atom. The van der Waals surface area contributed by atoms with Crippen molar-refractivity contribution < 1.29 is 0 Å². The predicted octanol–water partition coefficient (Wildman–Crippen LogP) is 2.10. The molecule has 6 heteroatoms. The van der Waals surface area contributed by atoms with Crippen LogP contribution in [0.4, 0.5) is 5.13 Å². The summed E-state index contributed by atoms with van der Waals surface area (Å²) in [6.07, 6.45) is 2.42. The second-order valence-corrected chi connectivity index (χ2v) is 5.58. The molecule has 1 aromatic heterocycles. The minimum absolute atomic E-state index is 0.336. The first-order valence-electron chi connectivity index (χ1n) is 5.70. The molecular weight excluding hydrogens is 256 g/mol. The number of aromatic nitrogens is 1. The Labute approximate surface area is 110 Å². The van der Waals surface area contributed by atoms with Gasteiger partial charge in [-0.15, -0.1) is 0 Å². The first kappa shape index (κ1) is 12.6. The number of nitrogens with zero attached hydrogens (tertiary/aromatic N) is 3. The summed E-state index contributed by atoms with van der Waals surface area (Å²) < 4.78 is 0. The van der Waals surface area contributed by atoms with Crippen molar-refractivity contribution in [2.45, 2.75) is 12.8 Å². The lowest BCUT2D eigenvalue weighted by Gasteiger charge is -2.32. The smallest absolute Gasteiger partial charge is 0.188 e. The number of nitrogens with one attached hydrogen (secondary N) is 1. The molecule has 4 nitrogen and oxygen atoms in total. The first-order chi connectivity index (χ1) is 8.24. The van der Waals surface area contributed by atoms with Gasteiger partial charge in [-0.05, 0) is 32.4 Å². The molecule has 0 aromatic carbocycles. The fraction of sp³-hybridized carbons (Fsp3) is 0.636. The van der Waals surface area contributed by atoms with Crippen LogP contribution in [-0.4, -0.2) is 31.7 Å². The maximum Gasteiger partial charge on any atom is 0.188 e. The van der Waals surface area contributed by atoms with E-state index < -0.39 is 0 Å². The zero-order valence-electron chi connectivity index (χ0n) is 9.74. The molecular formula is C11H15ClN4S. The number of anilines is 1. The number of piperidine rings is 1. The van der Waals surface area contributed by atoms with Crippen LogP contribution in [0.1, 0.15) is 17.7 Å². The van der Waals surface area contributed by atoms with Crippen molar-refractivity contribution in [3.8, 4) is 6.07 Å². The first-order valence-corrected chi connectivity index (χ1v) is 6.90. The van der Waals surface area contributed by atoms with Crippen LogP contribution in [0.25, 0.3) is 0 Å². The van der Waals surface area contributed by atoms with Gasteiger partial charge in [-0.3, -0.25) is 0 Å². The predicted molar refractivity (Wildman–Crippen MR) is 70.7 cm³/mol. The molecule has 1 saturated heterocycles. The van der Waals surface area contributed by atoms with Crippen molar-refractivity contribution in [3.05, 3.63) is 10.0 Å². The lowest BCUT2D eigenvalue weighted by molar-refractivity contribution is 0.402. The van der Waals surface area contributed by atoms with Crippen molar-refractivity contribution >= 4 is 28.1 Å². The topological polar surface area (TPSA) is 52.0 Å². The molecule has 1 unspecified atom stereocenters. The van der Waals surface area contributed by atoms with Crippen molar-refractivity contribution in [2.75, 3.05) is 31.6 Å². The molecule has 1 aliphatic heterocycles. The van der Waals surface area contributed by atoms with Gasteiger partial charge in [-0.2, -0.15) is 5.26 Å². The van der Waals surface area contributed by atoms with Gasteiger partial charge in [-0.1, -0.05) is 22.9 Å². The van der Waals surface area contributed by atoms with Crippen LogP contribution in [0, 0.1) is 17.2 Å². The Hall–Kier alpha value is -0.830. The highest BCUT2D eigenvalue weighted by molar-refractivity contribution is 7.16. The van der Waals surface area contributed by atoms with E-state index in [1.807, 2.05) is 7.05 Å². The quantitative estimate of drug-likeness (QED) is 0.914. The molecule has 0 spiro atoms. The molecule has 0 radical (unpaired) electrons. The van der Waals surface area contributed by atoms with Crippen LogP contribution in [0.2, 0.25) is 5.15 Å². The Bertz CT molecular complexity index is 424. The molecule has 1 aliphatic rings. The summed E-state index contributed by atoms with van der Waals surface area (Å²) in [6, 6.07) is 2.08. The van der Waals surface area contributed by atoms with Gasteiger partial charge in [0, 0.05) is 13.1 Å². The van der Waals surface area contributed by atoms with Crippen molar-refractivity contribution in [3.63, 3.8) is 0 Å². The van der Waals surface area contributed by atoms with Gasteiger partial charge in [0.25, 0.3) is 0 Å². The third kappa shape index (κ3) is 2.89. The molecule has 1 fully saturated rings. The molecule has 2 heterocycles. The highest BCUT2D eigenvalue weighted by atomic mass is 35.5. The van der Waals surface area contributed by atoms with Gasteiger partial charge in [-0.25, -0.2) is 4.98 Å². The Morgan fingerprint density at radius 3 is 3.18 bits per heavy atom. The van der Waals surface area contributed by atoms with Crippen LogP contribution < -0.4 is 10.2 Å². The van der Waals surface area contributed by atoms with E-state index >= 15 is 0 Å². The van der Waals surface area contributed by atoms with Gasteiger partial charge in [0.05, 0.1) is 0 Å². The van der Waals surface area contributed by atoms with Gasteiger partial charge in [0.1, 0.15) is 10.9 Å². The largest absolute Gasteiger partial charge is 0.348 e. The van der Waals surface area contributed by atoms with Crippen molar-refractivity contribution in [1.29, 1.82) is 5.26 Å². The van der Waals surface area contributed by atoms with E-state index in [1.165, 1.54) is 24.2 Å². The minimum Gasteiger partial charge on any atom is -0.348 e. The van der Waals surface area contributed by atoms with E-state index in [0.717, 1.165) is 24.8 Å². The number of hydrogen-bond acceptors (Lipinski definition) is 5. The molecule has 0 bridgehead atoms. The SMILES string of the molecule is CNCC1CCCN(c2nc(Cl)c(C#N)s2)C1. The van der Waals surface area contributed by atoms with E-state index in [1.54, 1.807) is 0 Å². The monoisotopic (exact) mass is 270 g/mol. The number of halogens is 1. The van der Waals surface area contributed by atoms with E-state index in [0.29, 0.717) is 15.9 Å². The fourth-order valence-corrected chi connectivity index (χ4v) is 3.27. The Balaban J connectivity index is 2.08. The standard InChI is InChI=1S/C11H15ClN4S/c1-14-6-8-3-2-4-16(7-8)11-15-10(12)9(5-13)17-11/h8,14H,2-4,6-7H2,1H3. The third-order valence-electron chi connectivity index (χ3n) is 2.96. The van der Waals surface area contributed by atoms with E-state index in [2.05, 4.69) is 21.3 Å². The van der Waals surface area contributed by atoms with Gasteiger partial charge in [0.2, 0.25) is 0 Å². The highest BCUT2D eigenvalue weighted by Crippen LogP contribution is 2.31. The average Bonchev–Trinajstić information content (AvgIpc) is 2.71. The number of rotatable bonds is 3. The normalized spacial score (nSPS) is 20.3. The van der Waals surface area contributed by atoms with Crippen LogP contribution in [0.5, 0.6) is 0 Å². The number of nitriles is 1. The molecule has 1 N–H and O–H groups in total. The van der Waals surface area contributed by atoms with Crippen molar-refractivity contribution in [2.24, 2.45) is 5.92 Å². The number of hydrogen-bond donors (Lipinski definition) is 1. The summed E-state index contributed by atoms with van der Waals surface area (Å²) in [6.45, 7) is 3.03. The van der Waals surface area contributed by atoms with Crippen LogP contribution in [0.15, 0.2) is 0 Å². The van der Waals surface area contributed by atoms with Gasteiger partial charge < -0.3 is 10.2 Å². The zero-order valence-corrected chi connectivity index (χ0v) is 11.3. The molecule has 1 atom stereocenters. The second kappa shape index (κ2) is 5.67. The molecule has 1 aromatic rings. The molecule has 0 amide bonds. The molecule has 0 saturated carbocycles. The van der Waals surface area contributed by atoms with Gasteiger partial charge >= 0.3 is 0 Å². The summed E-state index contributed by atoms with van der Waals surface area (Å²) in [5, 5.41) is 13.3. The maximum atomic E-state index is 8.87. The Kier molecular flexibility index (Phi) is 4.21. The van der Waals surface area contributed by atoms with Crippen molar-refractivity contribution in [1.82, 2.24) is 10.3 Å². The summed E-state index contributed by atoms with van der Waals surface area (Å²) in [4.78, 5) is 7.02. The Morgan fingerprint density at radius 2 is 2.53 bits per heavy atom. The zero-order chi connectivity index (χ0) is 12.3. The van der Waals surface area contributed by atoms with E-state index in [4.69, 9.17) is 16.9 Å². The van der Waals surface area contributed by atoms with E-state index in [-0.39, 0.29) is 0 Å². The van der Waals surface area contributed by atoms with Crippen LogP contribution in [-0.2, 0) is 0 Å². The summed E-state index contributed by atoms with van der Waals surface area (Å²) in [7, 11) is 1.98. The summed E-state index contributed by atoms with van der Waals surface area (Å²) >= 11 is 7.29. The van der Waals surface area contributed by atoms with Crippen LogP contribution >= 0.6 is 22.9 Å². The molecule has 17 heavy (non-hydrogen) atoms. The molecule has 2 rings (SSSR count). The lowest BCUT2D eigenvalue weighted by atomic mass is 9.98. The highest BCUT2D eigenvalue weighted by Gasteiger charge is 2.22. The summed E-state index contributed by atoms with van der Waals surface area (Å²) in [5.41, 5.74) is 0. The molecule has 0 aliphatic carbocycles. The lowest BCUT2D eigenvalue weighted by Crippen LogP contribution is -2.39. The minimum atomic E-state index is 0.336. The number of thiazole rings is 1. The summed E-state index contributed by atoms with van der Waals surface area (Å²) in [5.74, 6) is 0.655. The second-order valence-electron chi connectivity index (χ2n) is 4.24. The van der Waals surface area contributed by atoms with Crippen LogP contribution in [0.3, 0.4) is 0 Å². The molecule has 92 valence electrons. The fourth-order valence-electron chi connectivity index (χ4n) is 2.19.